The summed E-state index contributed by atoms with van der Waals surface area (Å²) in [5.74, 6) is 2.28. The summed E-state index contributed by atoms with van der Waals surface area (Å²) in [6, 6.07) is 7.41. The van der Waals surface area contributed by atoms with E-state index in [9.17, 15) is 4.79 Å². The molecule has 3 saturated heterocycles. The average molecular weight is 374 g/mol. The number of rotatable bonds is 6. The van der Waals surface area contributed by atoms with Crippen LogP contribution in [-0.4, -0.2) is 74.9 Å². The first kappa shape index (κ1) is 18.6. The molecule has 3 atom stereocenters. The molecule has 27 heavy (non-hydrogen) atoms. The van der Waals surface area contributed by atoms with Gasteiger partial charge in [0.25, 0.3) is 5.91 Å². The summed E-state index contributed by atoms with van der Waals surface area (Å²) in [4.78, 5) is 17.1. The first-order valence-electron chi connectivity index (χ1n) is 10.1. The molecule has 3 heterocycles. The van der Waals surface area contributed by atoms with Gasteiger partial charge in [-0.1, -0.05) is 18.6 Å². The van der Waals surface area contributed by atoms with Gasteiger partial charge in [0.1, 0.15) is 0 Å². The number of benzene rings is 1. The molecule has 6 heteroatoms. The second-order valence-electron chi connectivity index (χ2n) is 7.90. The summed E-state index contributed by atoms with van der Waals surface area (Å²) < 4.78 is 17.0. The van der Waals surface area contributed by atoms with E-state index in [0.29, 0.717) is 29.9 Å². The fraction of sp³-hybridized carbons (Fsp3) is 0.667. The monoisotopic (exact) mass is 374 g/mol. The van der Waals surface area contributed by atoms with Crippen molar-refractivity contribution in [3.63, 3.8) is 0 Å². The zero-order valence-corrected chi connectivity index (χ0v) is 16.1. The van der Waals surface area contributed by atoms with Gasteiger partial charge in [-0.05, 0) is 38.1 Å². The highest BCUT2D eigenvalue weighted by molar-refractivity contribution is 5.78. The van der Waals surface area contributed by atoms with Crippen molar-refractivity contribution < 1.29 is 19.0 Å². The number of fused-ring (bicyclic) bond motifs is 1. The van der Waals surface area contributed by atoms with Gasteiger partial charge in [-0.15, -0.1) is 0 Å². The Balaban J connectivity index is 1.29. The maximum atomic E-state index is 12.6. The van der Waals surface area contributed by atoms with Gasteiger partial charge in [-0.25, -0.2) is 0 Å². The molecule has 1 amide bonds. The Kier molecular flexibility index (Phi) is 5.83. The van der Waals surface area contributed by atoms with Crippen LogP contribution in [0.2, 0.25) is 0 Å². The van der Waals surface area contributed by atoms with E-state index in [1.54, 1.807) is 7.11 Å². The zero-order chi connectivity index (χ0) is 18.6. The number of carbonyl (C=O) groups is 1. The van der Waals surface area contributed by atoms with Gasteiger partial charge in [0.15, 0.2) is 18.1 Å². The van der Waals surface area contributed by atoms with Crippen LogP contribution in [0.15, 0.2) is 24.3 Å². The van der Waals surface area contributed by atoms with Crippen LogP contribution < -0.4 is 9.47 Å². The second kappa shape index (κ2) is 8.48. The predicted octanol–water partition coefficient (Wildman–Crippen LogP) is 2.03. The molecule has 0 saturated carbocycles. The molecule has 4 rings (SSSR count). The van der Waals surface area contributed by atoms with Gasteiger partial charge in [-0.3, -0.25) is 4.79 Å². The summed E-state index contributed by atoms with van der Waals surface area (Å²) in [7, 11) is 1.60. The molecule has 3 fully saturated rings. The third-order valence-electron chi connectivity index (χ3n) is 6.15. The molecule has 0 N–H and O–H groups in total. The molecule has 0 aliphatic carbocycles. The van der Waals surface area contributed by atoms with Gasteiger partial charge >= 0.3 is 0 Å². The standard InChI is InChI=1S/C21H30N2O4/c1-25-18-7-3-4-8-19(18)27-15-21(24)23-12-17-16(14-26-20(17)13-23)11-22-9-5-2-6-10-22/h3-4,7-8,16-17,20H,2,5-6,9-15H2,1H3/t16-,17+,20+/m1/s1. The molecule has 1 aromatic rings. The minimum Gasteiger partial charge on any atom is -0.493 e. The number of methoxy groups -OCH3 is 1. The fourth-order valence-corrected chi connectivity index (χ4v) is 4.63. The van der Waals surface area contributed by atoms with Gasteiger partial charge in [0.2, 0.25) is 0 Å². The van der Waals surface area contributed by atoms with E-state index in [-0.39, 0.29) is 18.6 Å². The van der Waals surface area contributed by atoms with Crippen LogP contribution in [0.3, 0.4) is 0 Å². The molecule has 0 bridgehead atoms. The number of carbonyl (C=O) groups excluding carboxylic acids is 1. The van der Waals surface area contributed by atoms with Crippen LogP contribution in [-0.2, 0) is 9.53 Å². The summed E-state index contributed by atoms with van der Waals surface area (Å²) >= 11 is 0. The van der Waals surface area contributed by atoms with Crippen LogP contribution in [0, 0.1) is 11.8 Å². The first-order chi connectivity index (χ1) is 13.2. The van der Waals surface area contributed by atoms with Crippen molar-refractivity contribution >= 4 is 5.91 Å². The van der Waals surface area contributed by atoms with Crippen molar-refractivity contribution in [2.75, 3.05) is 53.0 Å². The maximum Gasteiger partial charge on any atom is 0.260 e. The number of nitrogens with zero attached hydrogens (tertiary/aromatic N) is 2. The van der Waals surface area contributed by atoms with Crippen molar-refractivity contribution in [2.45, 2.75) is 25.4 Å². The number of likely N-dealkylation sites (tertiary alicyclic amines) is 2. The van der Waals surface area contributed by atoms with Crippen molar-refractivity contribution in [1.29, 1.82) is 0 Å². The SMILES string of the molecule is COc1ccccc1OCC(=O)N1C[C@H]2[C@H](CN3CCCCC3)CO[C@H]2C1. The Morgan fingerprint density at radius 3 is 2.70 bits per heavy atom. The summed E-state index contributed by atoms with van der Waals surface area (Å²) in [6.07, 6.45) is 4.17. The second-order valence-corrected chi connectivity index (χ2v) is 7.90. The molecule has 0 spiro atoms. The van der Waals surface area contributed by atoms with Crippen LogP contribution in [0.1, 0.15) is 19.3 Å². The fourth-order valence-electron chi connectivity index (χ4n) is 4.63. The summed E-state index contributed by atoms with van der Waals surface area (Å²) in [6.45, 7) is 5.89. The molecule has 6 nitrogen and oxygen atoms in total. The molecule has 0 aromatic heterocycles. The summed E-state index contributed by atoms with van der Waals surface area (Å²) in [5, 5.41) is 0. The Bertz CT molecular complexity index is 647. The smallest absolute Gasteiger partial charge is 0.260 e. The quantitative estimate of drug-likeness (QED) is 0.763. The van der Waals surface area contributed by atoms with Gasteiger partial charge < -0.3 is 24.0 Å². The molecule has 0 unspecified atom stereocenters. The predicted molar refractivity (Wildman–Crippen MR) is 102 cm³/mol. The van der Waals surface area contributed by atoms with Crippen LogP contribution >= 0.6 is 0 Å². The third-order valence-corrected chi connectivity index (χ3v) is 6.15. The Hall–Kier alpha value is -1.79. The van der Waals surface area contributed by atoms with Crippen molar-refractivity contribution in [2.24, 2.45) is 11.8 Å². The lowest BCUT2D eigenvalue weighted by atomic mass is 9.92. The highest BCUT2D eigenvalue weighted by Gasteiger charge is 2.45. The minimum atomic E-state index is 0.0237. The van der Waals surface area contributed by atoms with Crippen molar-refractivity contribution in [3.8, 4) is 11.5 Å². The number of piperidine rings is 1. The van der Waals surface area contributed by atoms with E-state index in [1.165, 1.54) is 32.4 Å². The summed E-state index contributed by atoms with van der Waals surface area (Å²) in [5.41, 5.74) is 0. The molecule has 3 aliphatic rings. The normalized spacial score (nSPS) is 28.2. The van der Waals surface area contributed by atoms with Crippen LogP contribution in [0.25, 0.3) is 0 Å². The Labute approximate surface area is 161 Å². The highest BCUT2D eigenvalue weighted by atomic mass is 16.5. The highest BCUT2D eigenvalue weighted by Crippen LogP contribution is 2.35. The Morgan fingerprint density at radius 1 is 1.15 bits per heavy atom. The van der Waals surface area contributed by atoms with E-state index in [0.717, 1.165) is 19.7 Å². The van der Waals surface area contributed by atoms with E-state index in [2.05, 4.69) is 4.90 Å². The van der Waals surface area contributed by atoms with Crippen molar-refractivity contribution in [3.05, 3.63) is 24.3 Å². The largest absolute Gasteiger partial charge is 0.493 e. The number of hydrogen-bond acceptors (Lipinski definition) is 5. The number of para-hydroxylation sites is 2. The third kappa shape index (κ3) is 4.22. The molecular formula is C21H30N2O4. The van der Waals surface area contributed by atoms with E-state index < -0.39 is 0 Å². The molecule has 148 valence electrons. The van der Waals surface area contributed by atoms with Gasteiger partial charge in [-0.2, -0.15) is 0 Å². The van der Waals surface area contributed by atoms with Crippen LogP contribution in [0.5, 0.6) is 11.5 Å². The van der Waals surface area contributed by atoms with E-state index >= 15 is 0 Å². The zero-order valence-electron chi connectivity index (χ0n) is 16.1. The molecule has 3 aliphatic heterocycles. The topological polar surface area (TPSA) is 51.2 Å². The van der Waals surface area contributed by atoms with E-state index in [1.807, 2.05) is 29.2 Å². The maximum absolute atomic E-state index is 12.6. The lowest BCUT2D eigenvalue weighted by molar-refractivity contribution is -0.133. The van der Waals surface area contributed by atoms with E-state index in [4.69, 9.17) is 14.2 Å². The van der Waals surface area contributed by atoms with Gasteiger partial charge in [0.05, 0.1) is 19.8 Å². The lowest BCUT2D eigenvalue weighted by Crippen LogP contribution is -2.38. The van der Waals surface area contributed by atoms with Gasteiger partial charge in [0, 0.05) is 31.5 Å². The van der Waals surface area contributed by atoms with Crippen LogP contribution in [0.4, 0.5) is 0 Å². The van der Waals surface area contributed by atoms with Crippen molar-refractivity contribution in [1.82, 2.24) is 9.80 Å². The first-order valence-corrected chi connectivity index (χ1v) is 10.1. The number of ether oxygens (including phenoxy) is 3. The molecule has 1 aromatic carbocycles. The lowest BCUT2D eigenvalue weighted by Gasteiger charge is -2.30. The number of amides is 1. The molecule has 0 radical (unpaired) electrons. The Morgan fingerprint density at radius 2 is 1.93 bits per heavy atom. The molecular weight excluding hydrogens is 344 g/mol. The minimum absolute atomic E-state index is 0.0237. The number of hydrogen-bond donors (Lipinski definition) is 0. The average Bonchev–Trinajstić information content (AvgIpc) is 3.29.